The summed E-state index contributed by atoms with van der Waals surface area (Å²) in [6.45, 7) is 1.59. The monoisotopic (exact) mass is 534 g/mol. The van der Waals surface area contributed by atoms with E-state index in [4.69, 9.17) is 40.5 Å². The fourth-order valence-corrected chi connectivity index (χ4v) is 5.48. The molecule has 5 rings (SSSR count). The predicted molar refractivity (Wildman–Crippen MR) is 123 cm³/mol. The van der Waals surface area contributed by atoms with Crippen LogP contribution in [0.3, 0.4) is 0 Å². The van der Waals surface area contributed by atoms with Crippen molar-refractivity contribution in [1.29, 1.82) is 0 Å². The van der Waals surface area contributed by atoms with Crippen LogP contribution in [-0.2, 0) is 45.6 Å². The molecule has 1 unspecified atom stereocenters. The van der Waals surface area contributed by atoms with E-state index in [0.717, 1.165) is 16.7 Å². The van der Waals surface area contributed by atoms with E-state index in [1.54, 1.807) is 25.3 Å². The van der Waals surface area contributed by atoms with Crippen LogP contribution in [-0.4, -0.2) is 58.6 Å². The number of esters is 1. The first-order valence-corrected chi connectivity index (χ1v) is 11.9. The number of halogens is 1. The first-order chi connectivity index (χ1) is 17.7. The van der Waals surface area contributed by atoms with Crippen molar-refractivity contribution in [1.82, 2.24) is 4.98 Å². The Morgan fingerprint density at radius 2 is 2.00 bits per heavy atom. The minimum atomic E-state index is -1.51. The summed E-state index contributed by atoms with van der Waals surface area (Å²) in [5, 5.41) is 19.9. The second kappa shape index (κ2) is 9.86. The summed E-state index contributed by atoms with van der Waals surface area (Å²) < 4.78 is 23.7. The Morgan fingerprint density at radius 3 is 2.70 bits per heavy atom. The van der Waals surface area contributed by atoms with Crippen LogP contribution in [0.2, 0.25) is 5.02 Å². The van der Waals surface area contributed by atoms with Gasteiger partial charge in [-0.1, -0.05) is 23.7 Å². The Labute approximate surface area is 215 Å². The van der Waals surface area contributed by atoms with Crippen molar-refractivity contribution in [2.24, 2.45) is 0 Å². The van der Waals surface area contributed by atoms with Gasteiger partial charge in [-0.05, 0) is 30.2 Å². The number of carbonyl (C=O) groups excluding carboxylic acids is 1. The highest BCUT2D eigenvalue weighted by Crippen LogP contribution is 2.52. The largest absolute Gasteiger partial charge is 0.481 e. The van der Waals surface area contributed by atoms with E-state index in [0.29, 0.717) is 16.3 Å². The van der Waals surface area contributed by atoms with E-state index < -0.39 is 53.5 Å². The normalized spacial score (nSPS) is 27.9. The summed E-state index contributed by atoms with van der Waals surface area (Å²) in [5.74, 6) is -1.88. The third kappa shape index (κ3) is 4.50. The molecule has 0 saturated carbocycles. The number of carboxylic acids is 1. The SMILES string of the molecule is Cc1ncc2c(c1[C@]13OC[C@@H](OC(=O)CCC(=O)O)[C@H]1OC[C@H]3O[N+](=O)[O-])COC2c1ccc(Cl)cc1. The van der Waals surface area contributed by atoms with Crippen LogP contribution >= 0.6 is 11.6 Å². The van der Waals surface area contributed by atoms with Crippen molar-refractivity contribution in [2.75, 3.05) is 13.2 Å². The number of pyridine rings is 1. The molecule has 13 heteroatoms. The Balaban J connectivity index is 1.54. The number of hydrogen-bond donors (Lipinski definition) is 1. The number of aliphatic carboxylic acids is 1. The number of hydrogen-bond acceptors (Lipinski definition) is 10. The number of ether oxygens (including phenoxy) is 4. The average molecular weight is 535 g/mol. The zero-order valence-electron chi connectivity index (χ0n) is 19.6. The van der Waals surface area contributed by atoms with E-state index in [1.807, 2.05) is 12.1 Å². The number of benzene rings is 1. The van der Waals surface area contributed by atoms with Crippen molar-refractivity contribution in [3.63, 3.8) is 0 Å². The summed E-state index contributed by atoms with van der Waals surface area (Å²) in [7, 11) is 0. The van der Waals surface area contributed by atoms with Crippen LogP contribution in [0.5, 0.6) is 0 Å². The van der Waals surface area contributed by atoms with Gasteiger partial charge in [0.1, 0.15) is 12.2 Å². The zero-order chi connectivity index (χ0) is 26.3. The highest BCUT2D eigenvalue weighted by Gasteiger charge is 2.65. The third-order valence-electron chi connectivity index (χ3n) is 6.84. The van der Waals surface area contributed by atoms with E-state index in [9.17, 15) is 19.7 Å². The number of carbonyl (C=O) groups is 2. The van der Waals surface area contributed by atoms with Crippen LogP contribution < -0.4 is 0 Å². The van der Waals surface area contributed by atoms with Gasteiger partial charge in [0.25, 0.3) is 5.09 Å². The van der Waals surface area contributed by atoms with E-state index in [2.05, 4.69) is 4.98 Å². The van der Waals surface area contributed by atoms with Crippen LogP contribution in [0.1, 0.15) is 46.9 Å². The standard InChI is InChI=1S/C24H23ClN2O10/c1-12-21(16-9-33-22(15(16)8-26-12)13-2-4-14(25)5-3-13)24-18(37-27(31)32)11-34-23(24)17(10-35-24)36-20(30)7-6-19(28)29/h2-5,8,17-18,22-23H,6-7,9-11H2,1H3,(H,28,29)/t17-,18-,22?,23-,24+/m1/s1. The summed E-state index contributed by atoms with van der Waals surface area (Å²) in [6, 6.07) is 7.20. The first-order valence-electron chi connectivity index (χ1n) is 11.5. The van der Waals surface area contributed by atoms with Gasteiger partial charge in [-0.3, -0.25) is 14.6 Å². The van der Waals surface area contributed by atoms with Crippen molar-refractivity contribution in [2.45, 2.75) is 56.4 Å². The van der Waals surface area contributed by atoms with Gasteiger partial charge in [0, 0.05) is 28.0 Å². The molecule has 0 radical (unpaired) electrons. The smallest absolute Gasteiger partial charge is 0.306 e. The number of nitrogens with zero attached hydrogens (tertiary/aromatic N) is 2. The zero-order valence-corrected chi connectivity index (χ0v) is 20.4. The number of aromatic nitrogens is 1. The molecule has 3 aliphatic heterocycles. The van der Waals surface area contributed by atoms with Gasteiger partial charge >= 0.3 is 11.9 Å². The summed E-state index contributed by atoms with van der Waals surface area (Å²) >= 11 is 6.04. The van der Waals surface area contributed by atoms with Crippen molar-refractivity contribution >= 4 is 23.5 Å². The minimum Gasteiger partial charge on any atom is -0.481 e. The molecule has 1 N–H and O–H groups in total. The highest BCUT2D eigenvalue weighted by molar-refractivity contribution is 6.30. The number of carboxylic acid groups (broad SMARTS) is 1. The van der Waals surface area contributed by atoms with Gasteiger partial charge in [-0.25, -0.2) is 0 Å². The van der Waals surface area contributed by atoms with Gasteiger partial charge in [0.05, 0.1) is 32.7 Å². The molecular weight excluding hydrogens is 512 g/mol. The van der Waals surface area contributed by atoms with E-state index >= 15 is 0 Å². The lowest BCUT2D eigenvalue weighted by molar-refractivity contribution is -0.772. The molecule has 5 atom stereocenters. The molecule has 4 heterocycles. The van der Waals surface area contributed by atoms with Gasteiger partial charge in [0.2, 0.25) is 0 Å². The van der Waals surface area contributed by atoms with Gasteiger partial charge in [-0.2, -0.15) is 0 Å². The maximum atomic E-state index is 12.3. The molecule has 0 amide bonds. The van der Waals surface area contributed by atoms with E-state index in [-0.39, 0.29) is 26.2 Å². The fourth-order valence-electron chi connectivity index (χ4n) is 5.35. The second-order valence-electron chi connectivity index (χ2n) is 8.99. The number of rotatable bonds is 8. The number of fused-ring (bicyclic) bond motifs is 2. The predicted octanol–water partition coefficient (Wildman–Crippen LogP) is 2.64. The summed E-state index contributed by atoms with van der Waals surface area (Å²) in [4.78, 5) is 44.1. The molecule has 0 bridgehead atoms. The lowest BCUT2D eigenvalue weighted by Crippen LogP contribution is -2.48. The van der Waals surface area contributed by atoms with Crippen LogP contribution in [0.15, 0.2) is 30.5 Å². The Morgan fingerprint density at radius 1 is 1.24 bits per heavy atom. The minimum absolute atomic E-state index is 0.133. The molecule has 12 nitrogen and oxygen atoms in total. The molecule has 1 aromatic heterocycles. The Hall–Kier alpha value is -3.32. The summed E-state index contributed by atoms with van der Waals surface area (Å²) in [6.07, 6.45) is -2.54. The van der Waals surface area contributed by atoms with Crippen molar-refractivity contribution in [3.05, 3.63) is 73.5 Å². The average Bonchev–Trinajstić information content (AvgIpc) is 3.52. The fraction of sp³-hybridized carbons (Fsp3) is 0.458. The molecule has 196 valence electrons. The molecule has 2 saturated heterocycles. The molecule has 3 aliphatic rings. The molecule has 1 aromatic carbocycles. The lowest BCUT2D eigenvalue weighted by Gasteiger charge is -2.34. The maximum absolute atomic E-state index is 12.3. The Bertz CT molecular complexity index is 1240. The maximum Gasteiger partial charge on any atom is 0.306 e. The van der Waals surface area contributed by atoms with Crippen molar-refractivity contribution < 1.29 is 43.6 Å². The topological polar surface area (TPSA) is 157 Å². The van der Waals surface area contributed by atoms with Gasteiger partial charge < -0.3 is 28.9 Å². The van der Waals surface area contributed by atoms with Gasteiger partial charge in [0.15, 0.2) is 17.8 Å². The second-order valence-corrected chi connectivity index (χ2v) is 9.43. The third-order valence-corrected chi connectivity index (χ3v) is 7.09. The molecule has 2 fully saturated rings. The van der Waals surface area contributed by atoms with Crippen LogP contribution in [0, 0.1) is 17.0 Å². The first kappa shape index (κ1) is 25.3. The Kier molecular flexibility index (Phi) is 6.75. The highest BCUT2D eigenvalue weighted by atomic mass is 35.5. The summed E-state index contributed by atoms with van der Waals surface area (Å²) in [5.41, 5.74) is 1.90. The van der Waals surface area contributed by atoms with Crippen LogP contribution in [0.25, 0.3) is 0 Å². The molecule has 0 aliphatic carbocycles. The van der Waals surface area contributed by atoms with Crippen molar-refractivity contribution in [3.8, 4) is 0 Å². The lowest BCUT2D eigenvalue weighted by atomic mass is 9.80. The molecule has 0 spiro atoms. The quantitative estimate of drug-likeness (QED) is 0.301. The molecule has 2 aromatic rings. The molecule has 37 heavy (non-hydrogen) atoms. The molecular formula is C24H23ClN2O10. The van der Waals surface area contributed by atoms with E-state index in [1.165, 1.54) is 0 Å². The van der Waals surface area contributed by atoms with Crippen LogP contribution in [0.4, 0.5) is 0 Å². The number of aryl methyl sites for hydroxylation is 1. The van der Waals surface area contributed by atoms with Gasteiger partial charge in [-0.15, -0.1) is 10.1 Å².